The number of aromatic hydroxyl groups is 1. The Balaban J connectivity index is 0.000000189. The maximum absolute atomic E-state index is 9.49. The monoisotopic (exact) mass is 638 g/mol. The van der Waals surface area contributed by atoms with E-state index in [4.69, 9.17) is 23.7 Å². The molecule has 2 N–H and O–H groups in total. The summed E-state index contributed by atoms with van der Waals surface area (Å²) < 4.78 is 27.2. The van der Waals surface area contributed by atoms with E-state index in [0.717, 1.165) is 30.5 Å². The van der Waals surface area contributed by atoms with Gasteiger partial charge in [-0.25, -0.2) is 0 Å². The second kappa shape index (κ2) is 15.1. The highest BCUT2D eigenvalue weighted by atomic mass is 16.6. The van der Waals surface area contributed by atoms with Crippen LogP contribution in [-0.2, 0) is 20.3 Å². The number of aliphatic hydroxyl groups is 1. The van der Waals surface area contributed by atoms with E-state index < -0.39 is 6.10 Å². The molecule has 3 atom stereocenters. The lowest BCUT2D eigenvalue weighted by molar-refractivity contribution is 0.145. The molecule has 6 rings (SSSR count). The molecule has 4 aromatic rings. The smallest absolute Gasteiger partial charge is 0.119 e. The molecule has 7 nitrogen and oxygen atoms in total. The van der Waals surface area contributed by atoms with E-state index in [0.29, 0.717) is 19.0 Å². The molecule has 0 bridgehead atoms. The zero-order chi connectivity index (χ0) is 33.4. The van der Waals surface area contributed by atoms with Crippen LogP contribution in [0, 0.1) is 0 Å². The van der Waals surface area contributed by atoms with Crippen LogP contribution in [0.3, 0.4) is 0 Å². The first-order chi connectivity index (χ1) is 22.5. The molecule has 0 saturated carbocycles. The molecule has 2 saturated heterocycles. The fourth-order valence-electron chi connectivity index (χ4n) is 5.07. The third-order valence-electron chi connectivity index (χ3n) is 8.69. The second-order valence-corrected chi connectivity index (χ2v) is 13.0. The van der Waals surface area contributed by atoms with Gasteiger partial charge < -0.3 is 33.9 Å². The fraction of sp³-hybridized carbons (Fsp3) is 0.350. The van der Waals surface area contributed by atoms with Gasteiger partial charge in [-0.05, 0) is 70.8 Å². The van der Waals surface area contributed by atoms with Gasteiger partial charge in [-0.15, -0.1) is 6.58 Å². The molecule has 0 aliphatic carbocycles. The molecule has 0 spiro atoms. The minimum absolute atomic E-state index is 0.119. The van der Waals surface area contributed by atoms with E-state index in [-0.39, 0.29) is 29.6 Å². The Kier molecular flexibility index (Phi) is 10.9. The average molecular weight is 639 g/mol. The van der Waals surface area contributed by atoms with Crippen LogP contribution in [0.5, 0.6) is 23.0 Å². The molecule has 248 valence electrons. The van der Waals surface area contributed by atoms with Crippen LogP contribution in [0.1, 0.15) is 49.9 Å². The van der Waals surface area contributed by atoms with Gasteiger partial charge in [0.15, 0.2) is 0 Å². The van der Waals surface area contributed by atoms with Crippen molar-refractivity contribution >= 4 is 0 Å². The summed E-state index contributed by atoms with van der Waals surface area (Å²) in [6.07, 6.45) is 1.35. The van der Waals surface area contributed by atoms with Crippen molar-refractivity contribution in [1.82, 2.24) is 0 Å². The molecular weight excluding hydrogens is 592 g/mol. The van der Waals surface area contributed by atoms with Crippen LogP contribution >= 0.6 is 0 Å². The number of rotatable bonds is 14. The van der Waals surface area contributed by atoms with Crippen molar-refractivity contribution < 1.29 is 33.9 Å². The van der Waals surface area contributed by atoms with Gasteiger partial charge >= 0.3 is 0 Å². The predicted molar refractivity (Wildman–Crippen MR) is 184 cm³/mol. The highest BCUT2D eigenvalue weighted by molar-refractivity contribution is 5.43. The Morgan fingerprint density at radius 3 is 1.28 bits per heavy atom. The first kappa shape index (κ1) is 34.0. The Bertz CT molecular complexity index is 1550. The number of hydrogen-bond donors (Lipinski definition) is 2. The van der Waals surface area contributed by atoms with Crippen molar-refractivity contribution in [1.29, 1.82) is 0 Å². The van der Waals surface area contributed by atoms with Crippen LogP contribution in [0.2, 0.25) is 0 Å². The molecule has 2 fully saturated rings. The summed E-state index contributed by atoms with van der Waals surface area (Å²) in [6.45, 7) is 15.3. The van der Waals surface area contributed by atoms with Crippen molar-refractivity contribution in [3.8, 4) is 23.0 Å². The third kappa shape index (κ3) is 9.61. The Labute approximate surface area is 278 Å². The predicted octanol–water partition coefficient (Wildman–Crippen LogP) is 7.21. The highest BCUT2D eigenvalue weighted by Gasteiger charge is 2.26. The van der Waals surface area contributed by atoms with Gasteiger partial charge in [-0.2, -0.15) is 0 Å². The Morgan fingerprint density at radius 2 is 0.957 bits per heavy atom. The topological polar surface area (TPSA) is 93.2 Å². The summed E-state index contributed by atoms with van der Waals surface area (Å²) >= 11 is 0. The van der Waals surface area contributed by atoms with Crippen LogP contribution in [0.25, 0.3) is 0 Å². The second-order valence-electron chi connectivity index (χ2n) is 13.0. The summed E-state index contributed by atoms with van der Waals surface area (Å²) in [5, 5.41) is 18.9. The van der Waals surface area contributed by atoms with Gasteiger partial charge in [0.2, 0.25) is 0 Å². The van der Waals surface area contributed by atoms with E-state index in [1.165, 1.54) is 28.3 Å². The molecule has 0 amide bonds. The Hall–Kier alpha value is -4.30. The number of epoxide rings is 2. The molecule has 47 heavy (non-hydrogen) atoms. The van der Waals surface area contributed by atoms with E-state index in [2.05, 4.69) is 70.7 Å². The largest absolute Gasteiger partial charge is 0.508 e. The van der Waals surface area contributed by atoms with Crippen molar-refractivity contribution in [2.75, 3.05) is 33.0 Å². The van der Waals surface area contributed by atoms with Gasteiger partial charge in [0.25, 0.3) is 0 Å². The minimum atomic E-state index is -0.654. The number of hydrogen-bond acceptors (Lipinski definition) is 7. The van der Waals surface area contributed by atoms with Gasteiger partial charge in [-0.1, -0.05) is 82.3 Å². The maximum atomic E-state index is 9.49. The molecule has 2 aliphatic rings. The van der Waals surface area contributed by atoms with Crippen LogP contribution < -0.4 is 14.2 Å². The van der Waals surface area contributed by atoms with E-state index >= 15 is 0 Å². The van der Waals surface area contributed by atoms with E-state index in [1.807, 2.05) is 48.5 Å². The van der Waals surface area contributed by atoms with Crippen molar-refractivity contribution in [2.24, 2.45) is 0 Å². The average Bonchev–Trinajstić information content (AvgIpc) is 4.03. The van der Waals surface area contributed by atoms with Gasteiger partial charge in [0.1, 0.15) is 61.1 Å². The summed E-state index contributed by atoms with van der Waals surface area (Å²) in [6, 6.07) is 31.8. The van der Waals surface area contributed by atoms with Crippen LogP contribution in [0.4, 0.5) is 0 Å². The SMILES string of the molecule is C=CC(O)COc1ccc(C(C)(C)c2ccc(OCC3CO3)cc2)cc1.CC(C)(c1ccc(O)cc1)c1ccc(OCC2CO2)cc1. The van der Waals surface area contributed by atoms with Gasteiger partial charge in [0.05, 0.1) is 13.2 Å². The molecular formula is C40H46O7. The Morgan fingerprint density at radius 1 is 0.638 bits per heavy atom. The van der Waals surface area contributed by atoms with Crippen LogP contribution in [-0.4, -0.2) is 61.6 Å². The molecule has 0 aromatic heterocycles. The molecule has 7 heteroatoms. The highest BCUT2D eigenvalue weighted by Crippen LogP contribution is 2.34. The van der Waals surface area contributed by atoms with E-state index in [1.54, 1.807) is 12.1 Å². The summed E-state index contributed by atoms with van der Waals surface area (Å²) in [7, 11) is 0. The standard InChI is InChI=1S/C22H26O4.C18H20O3/c1-4-18(23)13-24-19-9-5-16(6-10-19)22(2,3)17-7-11-20(12-8-17)25-14-21-15-26-21;1-18(2,13-3-7-15(19)8-4-13)14-5-9-16(10-6-14)20-11-17-12-21-17/h4-12,18,21,23H,1,13-15H2,2-3H3;3-10,17,19H,11-12H2,1-2H3. The number of ether oxygens (including phenoxy) is 5. The number of phenols is 1. The number of aliphatic hydroxyl groups excluding tert-OH is 1. The van der Waals surface area contributed by atoms with Gasteiger partial charge in [0, 0.05) is 10.8 Å². The number of benzene rings is 4. The third-order valence-corrected chi connectivity index (χ3v) is 8.69. The fourth-order valence-corrected chi connectivity index (χ4v) is 5.07. The van der Waals surface area contributed by atoms with Crippen LogP contribution in [0.15, 0.2) is 110 Å². The molecule has 0 radical (unpaired) electrons. The first-order valence-electron chi connectivity index (χ1n) is 16.1. The zero-order valence-corrected chi connectivity index (χ0v) is 27.7. The van der Waals surface area contributed by atoms with Gasteiger partial charge in [-0.3, -0.25) is 0 Å². The number of phenolic OH excluding ortho intramolecular Hbond substituents is 1. The normalized spacial score (nSPS) is 17.5. The first-order valence-corrected chi connectivity index (χ1v) is 16.1. The van der Waals surface area contributed by atoms with Crippen molar-refractivity contribution in [2.45, 2.75) is 56.8 Å². The van der Waals surface area contributed by atoms with Crippen molar-refractivity contribution in [3.05, 3.63) is 132 Å². The summed E-state index contributed by atoms with van der Waals surface area (Å²) in [5.74, 6) is 2.76. The quantitative estimate of drug-likeness (QED) is 0.111. The molecule has 2 heterocycles. The molecule has 3 unspecified atom stereocenters. The summed E-state index contributed by atoms with van der Waals surface area (Å²) in [4.78, 5) is 0. The van der Waals surface area contributed by atoms with E-state index in [9.17, 15) is 10.2 Å². The molecule has 2 aliphatic heterocycles. The maximum Gasteiger partial charge on any atom is 0.119 e. The minimum Gasteiger partial charge on any atom is -0.508 e. The summed E-state index contributed by atoms with van der Waals surface area (Å²) in [5.41, 5.74) is 4.52. The lowest BCUT2D eigenvalue weighted by atomic mass is 9.78. The lowest BCUT2D eigenvalue weighted by Crippen LogP contribution is -2.19. The van der Waals surface area contributed by atoms with Crippen molar-refractivity contribution in [3.63, 3.8) is 0 Å². The zero-order valence-electron chi connectivity index (χ0n) is 27.7. The lowest BCUT2D eigenvalue weighted by Gasteiger charge is -2.26. The molecule has 4 aromatic carbocycles.